The smallest absolute Gasteiger partial charge is 0.262 e. The highest BCUT2D eigenvalue weighted by molar-refractivity contribution is 5.95. The van der Waals surface area contributed by atoms with Gasteiger partial charge in [-0.05, 0) is 69.1 Å². The Balaban J connectivity index is 1.52. The Labute approximate surface area is 178 Å². The lowest BCUT2D eigenvalue weighted by atomic mass is 10.0. The number of ether oxygens (including phenoxy) is 2. The lowest BCUT2D eigenvalue weighted by molar-refractivity contribution is -0.118. The van der Waals surface area contributed by atoms with E-state index in [4.69, 9.17) is 9.47 Å². The average molecular weight is 411 g/mol. The minimum Gasteiger partial charge on any atom is -0.493 e. The Morgan fingerprint density at radius 2 is 1.87 bits per heavy atom. The summed E-state index contributed by atoms with van der Waals surface area (Å²) in [4.78, 5) is 26.3. The Bertz CT molecular complexity index is 879. The number of nitrogens with one attached hydrogen (secondary N) is 1. The number of likely N-dealkylation sites (tertiary alicyclic amines) is 1. The van der Waals surface area contributed by atoms with Crippen LogP contribution in [0.4, 0.5) is 5.69 Å². The quantitative estimate of drug-likeness (QED) is 0.658. The molecule has 1 amide bonds. The number of amides is 1. The van der Waals surface area contributed by atoms with Gasteiger partial charge in [0.25, 0.3) is 5.91 Å². The fourth-order valence-corrected chi connectivity index (χ4v) is 3.67. The molecule has 3 rings (SSSR count). The van der Waals surface area contributed by atoms with Gasteiger partial charge in [-0.25, -0.2) is 0 Å². The number of carbonyl (C=O) groups excluding carboxylic acids is 2. The third kappa shape index (κ3) is 5.83. The number of piperidine rings is 1. The van der Waals surface area contributed by atoms with Crippen LogP contribution in [0.15, 0.2) is 42.5 Å². The summed E-state index contributed by atoms with van der Waals surface area (Å²) >= 11 is 0. The van der Waals surface area contributed by atoms with Gasteiger partial charge < -0.3 is 14.8 Å². The number of benzene rings is 2. The molecule has 0 spiro atoms. The molecule has 1 aliphatic heterocycles. The van der Waals surface area contributed by atoms with Gasteiger partial charge in [0.1, 0.15) is 0 Å². The predicted octanol–water partition coefficient (Wildman–Crippen LogP) is 4.29. The molecule has 1 unspecified atom stereocenters. The molecule has 0 saturated carbocycles. The first-order valence-corrected chi connectivity index (χ1v) is 10.4. The zero-order valence-corrected chi connectivity index (χ0v) is 17.9. The highest BCUT2D eigenvalue weighted by Crippen LogP contribution is 2.28. The van der Waals surface area contributed by atoms with Gasteiger partial charge in [0, 0.05) is 23.8 Å². The van der Waals surface area contributed by atoms with E-state index < -0.39 is 0 Å². The third-order valence-electron chi connectivity index (χ3n) is 5.49. The molecule has 0 bridgehead atoms. The molecule has 0 radical (unpaired) electrons. The molecule has 1 N–H and O–H groups in total. The molecule has 0 aliphatic carbocycles. The van der Waals surface area contributed by atoms with Crippen LogP contribution < -0.4 is 14.8 Å². The normalized spacial score (nSPS) is 16.7. The molecule has 160 valence electrons. The Morgan fingerprint density at radius 3 is 2.53 bits per heavy atom. The van der Waals surface area contributed by atoms with E-state index in [-0.39, 0.29) is 18.3 Å². The maximum Gasteiger partial charge on any atom is 0.262 e. The van der Waals surface area contributed by atoms with Crippen molar-refractivity contribution in [1.82, 2.24) is 4.90 Å². The van der Waals surface area contributed by atoms with E-state index >= 15 is 0 Å². The molecule has 30 heavy (non-hydrogen) atoms. The van der Waals surface area contributed by atoms with Crippen LogP contribution in [0.2, 0.25) is 0 Å². The summed E-state index contributed by atoms with van der Waals surface area (Å²) in [6, 6.07) is 13.5. The van der Waals surface area contributed by atoms with E-state index in [0.29, 0.717) is 23.1 Å². The van der Waals surface area contributed by atoms with Crippen molar-refractivity contribution in [1.29, 1.82) is 0 Å². The zero-order chi connectivity index (χ0) is 21.5. The Morgan fingerprint density at radius 1 is 1.10 bits per heavy atom. The van der Waals surface area contributed by atoms with E-state index in [1.807, 2.05) is 12.1 Å². The molecule has 2 aromatic carbocycles. The van der Waals surface area contributed by atoms with Gasteiger partial charge in [0.05, 0.1) is 7.11 Å². The number of Topliss-reactive ketones (excluding diaryl/α,β-unsaturated/α-hetero) is 1. The number of rotatable bonds is 8. The van der Waals surface area contributed by atoms with Gasteiger partial charge in [-0.2, -0.15) is 0 Å². The van der Waals surface area contributed by atoms with Crippen LogP contribution in [0.25, 0.3) is 0 Å². The van der Waals surface area contributed by atoms with Crippen molar-refractivity contribution < 1.29 is 19.1 Å². The van der Waals surface area contributed by atoms with Gasteiger partial charge in [-0.15, -0.1) is 0 Å². The van der Waals surface area contributed by atoms with Gasteiger partial charge in [-0.1, -0.05) is 18.6 Å². The molecule has 1 atom stereocenters. The fraction of sp³-hybridized carbons (Fsp3) is 0.417. The number of carbonyl (C=O) groups is 2. The van der Waals surface area contributed by atoms with Crippen LogP contribution in [-0.4, -0.2) is 42.9 Å². The molecule has 6 heteroatoms. The highest BCUT2D eigenvalue weighted by atomic mass is 16.5. The summed E-state index contributed by atoms with van der Waals surface area (Å²) in [5.74, 6) is 0.524. The molecule has 1 aliphatic rings. The second-order valence-electron chi connectivity index (χ2n) is 7.77. The first kappa shape index (κ1) is 21.8. The summed E-state index contributed by atoms with van der Waals surface area (Å²) in [5.41, 5.74) is 2.51. The van der Waals surface area contributed by atoms with Crippen molar-refractivity contribution in [3.8, 4) is 11.5 Å². The minimum absolute atomic E-state index is 0.0595. The van der Waals surface area contributed by atoms with E-state index in [1.165, 1.54) is 38.9 Å². The molecular formula is C24H30N2O4. The number of anilines is 1. The van der Waals surface area contributed by atoms with Crippen LogP contribution in [0.3, 0.4) is 0 Å². The number of hydrogen-bond donors (Lipinski definition) is 1. The predicted molar refractivity (Wildman–Crippen MR) is 117 cm³/mol. The van der Waals surface area contributed by atoms with Crippen LogP contribution in [-0.2, 0) is 11.3 Å². The molecular weight excluding hydrogens is 380 g/mol. The standard InChI is InChI=1S/C24H30N2O4/c1-17-6-4-5-13-26(17)15-19-7-10-21(11-8-19)25-24(28)16-30-22-12-9-20(18(2)27)14-23(22)29-3/h7-12,14,17H,4-6,13,15-16H2,1-3H3,(H,25,28). The van der Waals surface area contributed by atoms with E-state index in [1.54, 1.807) is 18.2 Å². The first-order valence-electron chi connectivity index (χ1n) is 10.4. The van der Waals surface area contributed by atoms with E-state index in [0.717, 1.165) is 18.8 Å². The lowest BCUT2D eigenvalue weighted by Gasteiger charge is -2.33. The maximum absolute atomic E-state index is 12.3. The van der Waals surface area contributed by atoms with Crippen molar-refractivity contribution in [2.24, 2.45) is 0 Å². The fourth-order valence-electron chi connectivity index (χ4n) is 3.67. The van der Waals surface area contributed by atoms with Crippen molar-refractivity contribution in [3.63, 3.8) is 0 Å². The Hall–Kier alpha value is -2.86. The topological polar surface area (TPSA) is 67.9 Å². The molecule has 6 nitrogen and oxygen atoms in total. The SMILES string of the molecule is COc1cc(C(C)=O)ccc1OCC(=O)Nc1ccc(CN2CCCCC2C)cc1. The van der Waals surface area contributed by atoms with Crippen LogP contribution in [0.1, 0.15) is 49.0 Å². The van der Waals surface area contributed by atoms with Crippen molar-refractivity contribution in [2.45, 2.75) is 45.7 Å². The average Bonchev–Trinajstić information content (AvgIpc) is 2.75. The van der Waals surface area contributed by atoms with Gasteiger partial charge >= 0.3 is 0 Å². The summed E-state index contributed by atoms with van der Waals surface area (Å²) in [7, 11) is 1.50. The third-order valence-corrected chi connectivity index (χ3v) is 5.49. The summed E-state index contributed by atoms with van der Waals surface area (Å²) in [6.45, 7) is 5.71. The highest BCUT2D eigenvalue weighted by Gasteiger charge is 2.18. The second kappa shape index (κ2) is 10.3. The zero-order valence-electron chi connectivity index (χ0n) is 17.9. The van der Waals surface area contributed by atoms with Gasteiger partial charge in [0.15, 0.2) is 23.9 Å². The molecule has 1 heterocycles. The van der Waals surface area contributed by atoms with Gasteiger partial charge in [0.2, 0.25) is 0 Å². The molecule has 0 aromatic heterocycles. The Kier molecular flexibility index (Phi) is 7.46. The van der Waals surface area contributed by atoms with E-state index in [2.05, 4.69) is 29.3 Å². The molecule has 2 aromatic rings. The van der Waals surface area contributed by atoms with Crippen molar-refractivity contribution in [2.75, 3.05) is 25.6 Å². The number of methoxy groups -OCH3 is 1. The molecule has 1 saturated heterocycles. The summed E-state index contributed by atoms with van der Waals surface area (Å²) in [6.07, 6.45) is 3.84. The van der Waals surface area contributed by atoms with Crippen LogP contribution in [0, 0.1) is 0 Å². The minimum atomic E-state index is -0.259. The lowest BCUT2D eigenvalue weighted by Crippen LogP contribution is -2.36. The van der Waals surface area contributed by atoms with Crippen molar-refractivity contribution in [3.05, 3.63) is 53.6 Å². The summed E-state index contributed by atoms with van der Waals surface area (Å²) < 4.78 is 10.8. The van der Waals surface area contributed by atoms with Gasteiger partial charge in [-0.3, -0.25) is 14.5 Å². The summed E-state index contributed by atoms with van der Waals surface area (Å²) in [5, 5.41) is 2.85. The first-order chi connectivity index (χ1) is 14.5. The number of nitrogens with zero attached hydrogens (tertiary/aromatic N) is 1. The van der Waals surface area contributed by atoms with Crippen molar-refractivity contribution >= 4 is 17.4 Å². The number of hydrogen-bond acceptors (Lipinski definition) is 5. The largest absolute Gasteiger partial charge is 0.493 e. The van der Waals surface area contributed by atoms with Crippen LogP contribution in [0.5, 0.6) is 11.5 Å². The van der Waals surface area contributed by atoms with Crippen LogP contribution >= 0.6 is 0 Å². The number of ketones is 1. The van der Waals surface area contributed by atoms with E-state index in [9.17, 15) is 9.59 Å². The monoisotopic (exact) mass is 410 g/mol. The molecule has 1 fully saturated rings. The maximum atomic E-state index is 12.3. The second-order valence-corrected chi connectivity index (χ2v) is 7.77.